The largest absolute Gasteiger partial charge is 0.506 e. The highest BCUT2D eigenvalue weighted by Gasteiger charge is 2.54. The Hall–Kier alpha value is -0.730. The van der Waals surface area contributed by atoms with Crippen molar-refractivity contribution in [1.82, 2.24) is 0 Å². The van der Waals surface area contributed by atoms with Crippen LogP contribution in [0.1, 0.15) is 56.1 Å². The second kappa shape index (κ2) is 4.63. The van der Waals surface area contributed by atoms with Gasteiger partial charge < -0.3 is 10.2 Å². The van der Waals surface area contributed by atoms with Gasteiger partial charge >= 0.3 is 0 Å². The number of aliphatic hydroxyl groups is 1. The van der Waals surface area contributed by atoms with E-state index >= 15 is 0 Å². The molecule has 0 bridgehead atoms. The van der Waals surface area contributed by atoms with Crippen LogP contribution < -0.4 is 0 Å². The van der Waals surface area contributed by atoms with Crippen LogP contribution in [0.2, 0.25) is 5.02 Å². The number of fused-ring (bicyclic) bond motifs is 5. The molecule has 1 unspecified atom stereocenters. The Morgan fingerprint density at radius 2 is 2.00 bits per heavy atom. The summed E-state index contributed by atoms with van der Waals surface area (Å²) in [4.78, 5) is 0. The lowest BCUT2D eigenvalue weighted by Crippen LogP contribution is -2.43. The van der Waals surface area contributed by atoms with Crippen molar-refractivity contribution in [2.75, 3.05) is 0 Å². The second-order valence-corrected chi connectivity index (χ2v) is 7.96. The molecule has 2 saturated carbocycles. The zero-order valence-corrected chi connectivity index (χ0v) is 13.2. The van der Waals surface area contributed by atoms with Crippen LogP contribution in [0.25, 0.3) is 0 Å². The summed E-state index contributed by atoms with van der Waals surface area (Å²) in [6, 6.07) is 3.86. The first kappa shape index (κ1) is 13.9. The van der Waals surface area contributed by atoms with Gasteiger partial charge in [0, 0.05) is 0 Å². The maximum absolute atomic E-state index is 10.4. The van der Waals surface area contributed by atoms with E-state index < -0.39 is 0 Å². The summed E-state index contributed by atoms with van der Waals surface area (Å²) in [6.07, 6.45) is 6.48. The number of hydrogen-bond donors (Lipinski definition) is 2. The smallest absolute Gasteiger partial charge is 0.134 e. The Kier molecular flexibility index (Phi) is 3.07. The Labute approximate surface area is 131 Å². The molecule has 3 aliphatic carbocycles. The summed E-state index contributed by atoms with van der Waals surface area (Å²) in [5.41, 5.74) is 2.76. The van der Waals surface area contributed by atoms with Crippen molar-refractivity contribution >= 4 is 11.6 Å². The van der Waals surface area contributed by atoms with Gasteiger partial charge in [-0.25, -0.2) is 0 Å². The third-order valence-corrected chi connectivity index (χ3v) is 7.04. The van der Waals surface area contributed by atoms with Gasteiger partial charge in [0.25, 0.3) is 0 Å². The Morgan fingerprint density at radius 1 is 1.19 bits per heavy atom. The molecule has 2 nitrogen and oxygen atoms in total. The van der Waals surface area contributed by atoms with E-state index in [1.807, 2.05) is 12.1 Å². The number of hydrogen-bond acceptors (Lipinski definition) is 2. The molecule has 0 aliphatic heterocycles. The molecule has 1 aromatic carbocycles. The van der Waals surface area contributed by atoms with Crippen LogP contribution in [0.3, 0.4) is 0 Å². The van der Waals surface area contributed by atoms with Crippen LogP contribution in [0.5, 0.6) is 5.75 Å². The van der Waals surface area contributed by atoms with Crippen LogP contribution in [0.15, 0.2) is 12.1 Å². The highest BCUT2D eigenvalue weighted by atomic mass is 35.5. The molecular formula is C18H23ClO2. The van der Waals surface area contributed by atoms with Gasteiger partial charge in [0.15, 0.2) is 0 Å². The van der Waals surface area contributed by atoms with Gasteiger partial charge in [0.1, 0.15) is 5.75 Å². The molecule has 3 aliphatic rings. The number of aromatic hydroxyl groups is 1. The van der Waals surface area contributed by atoms with Crippen molar-refractivity contribution < 1.29 is 10.2 Å². The van der Waals surface area contributed by atoms with Crippen LogP contribution in [-0.2, 0) is 6.42 Å². The van der Waals surface area contributed by atoms with Crippen molar-refractivity contribution in [3.63, 3.8) is 0 Å². The topological polar surface area (TPSA) is 40.5 Å². The van der Waals surface area contributed by atoms with E-state index in [1.54, 1.807) is 0 Å². The summed E-state index contributed by atoms with van der Waals surface area (Å²) >= 11 is 6.15. The molecule has 0 aromatic heterocycles. The first-order valence-corrected chi connectivity index (χ1v) is 8.58. The fourth-order valence-corrected chi connectivity index (χ4v) is 5.73. The second-order valence-electron chi connectivity index (χ2n) is 7.56. The minimum Gasteiger partial charge on any atom is -0.506 e. The van der Waals surface area contributed by atoms with E-state index in [0.29, 0.717) is 22.8 Å². The third-order valence-electron chi connectivity index (χ3n) is 6.74. The molecule has 3 heteroatoms. The molecular weight excluding hydrogens is 284 g/mol. The van der Waals surface area contributed by atoms with Crippen molar-refractivity contribution in [2.24, 2.45) is 17.3 Å². The Bertz CT molecular complexity index is 585. The molecule has 0 amide bonds. The summed E-state index contributed by atoms with van der Waals surface area (Å²) in [5, 5.41) is 20.7. The highest BCUT2D eigenvalue weighted by Crippen LogP contribution is 2.61. The van der Waals surface area contributed by atoms with Crippen molar-refractivity contribution in [2.45, 2.75) is 57.5 Å². The van der Waals surface area contributed by atoms with E-state index in [4.69, 9.17) is 11.6 Å². The monoisotopic (exact) mass is 306 g/mol. The summed E-state index contributed by atoms with van der Waals surface area (Å²) < 4.78 is 0. The van der Waals surface area contributed by atoms with E-state index in [0.717, 1.165) is 25.7 Å². The van der Waals surface area contributed by atoms with Gasteiger partial charge in [0.05, 0.1) is 11.1 Å². The van der Waals surface area contributed by atoms with Crippen LogP contribution in [0, 0.1) is 17.3 Å². The molecule has 0 radical (unpaired) electrons. The average Bonchev–Trinajstić information content (AvgIpc) is 2.76. The van der Waals surface area contributed by atoms with Gasteiger partial charge in [-0.3, -0.25) is 0 Å². The van der Waals surface area contributed by atoms with E-state index in [1.165, 1.54) is 24.0 Å². The Morgan fingerprint density at radius 3 is 2.81 bits per heavy atom. The SMILES string of the molecule is C[C@]12CC[C@@H]3c4cc(Cl)c(O)cc4CC[C@H]3[C@@H]1CCC2O. The zero-order valence-electron chi connectivity index (χ0n) is 12.5. The Balaban J connectivity index is 1.73. The van der Waals surface area contributed by atoms with Crippen LogP contribution in [0.4, 0.5) is 0 Å². The third kappa shape index (κ3) is 1.88. The van der Waals surface area contributed by atoms with Crippen molar-refractivity contribution in [3.8, 4) is 5.75 Å². The maximum Gasteiger partial charge on any atom is 0.134 e. The van der Waals surface area contributed by atoms with Gasteiger partial charge in [-0.15, -0.1) is 0 Å². The summed E-state index contributed by atoms with van der Waals surface area (Å²) in [5.74, 6) is 2.10. The lowest BCUT2D eigenvalue weighted by Gasteiger charge is -2.50. The summed E-state index contributed by atoms with van der Waals surface area (Å²) in [6.45, 7) is 2.30. The van der Waals surface area contributed by atoms with Crippen molar-refractivity contribution in [1.29, 1.82) is 0 Å². The molecule has 0 spiro atoms. The van der Waals surface area contributed by atoms with Gasteiger partial charge in [0.2, 0.25) is 0 Å². The van der Waals surface area contributed by atoms with E-state index in [-0.39, 0.29) is 17.3 Å². The van der Waals surface area contributed by atoms with E-state index in [2.05, 4.69) is 6.92 Å². The highest BCUT2D eigenvalue weighted by molar-refractivity contribution is 6.32. The normalized spacial score (nSPS) is 41.3. The molecule has 2 fully saturated rings. The van der Waals surface area contributed by atoms with Crippen molar-refractivity contribution in [3.05, 3.63) is 28.3 Å². The van der Waals surface area contributed by atoms with Gasteiger partial charge in [-0.2, -0.15) is 0 Å². The molecule has 0 heterocycles. The molecule has 114 valence electrons. The molecule has 1 aromatic rings. The van der Waals surface area contributed by atoms with Crippen LogP contribution >= 0.6 is 11.6 Å². The number of aryl methyl sites for hydroxylation is 1. The fourth-order valence-electron chi connectivity index (χ4n) is 5.55. The lowest BCUT2D eigenvalue weighted by atomic mass is 9.55. The number of rotatable bonds is 0. The van der Waals surface area contributed by atoms with Crippen LogP contribution in [-0.4, -0.2) is 16.3 Å². The first-order chi connectivity index (χ1) is 10.0. The lowest BCUT2D eigenvalue weighted by molar-refractivity contribution is -0.0226. The van der Waals surface area contributed by atoms with E-state index in [9.17, 15) is 10.2 Å². The number of aliphatic hydroxyl groups excluding tert-OH is 1. The molecule has 0 saturated heterocycles. The quantitative estimate of drug-likeness (QED) is 0.752. The zero-order chi connectivity index (χ0) is 14.8. The minimum atomic E-state index is -0.117. The number of phenols is 1. The molecule has 21 heavy (non-hydrogen) atoms. The predicted octanol–water partition coefficient (Wildman–Crippen LogP) is 4.26. The number of halogens is 1. The molecule has 2 N–H and O–H groups in total. The van der Waals surface area contributed by atoms with Gasteiger partial charge in [-0.05, 0) is 85.0 Å². The first-order valence-electron chi connectivity index (χ1n) is 8.20. The number of phenolic OH excluding ortho intramolecular Hbond substituents is 1. The standard InChI is InChI=1S/C18H23ClO2/c1-18-7-6-11-12(14(18)4-5-17(18)21)3-2-10-8-16(20)15(19)9-13(10)11/h8-9,11-12,14,17,20-21H,2-7H2,1H3/t11-,12+,14-,17?,18-/m0/s1. The maximum atomic E-state index is 10.4. The minimum absolute atomic E-state index is 0.117. The van der Waals surface area contributed by atoms with Gasteiger partial charge in [-0.1, -0.05) is 18.5 Å². The fraction of sp³-hybridized carbons (Fsp3) is 0.667. The predicted molar refractivity (Wildman–Crippen MR) is 83.7 cm³/mol. The number of benzene rings is 1. The average molecular weight is 307 g/mol. The molecule has 5 atom stereocenters. The molecule has 4 rings (SSSR count). The summed E-state index contributed by atoms with van der Waals surface area (Å²) in [7, 11) is 0.